The van der Waals surface area contributed by atoms with E-state index in [1.54, 1.807) is 18.2 Å². The number of nitrogens with one attached hydrogen (secondary N) is 1. The number of hydrogen-bond acceptors (Lipinski definition) is 5. The highest BCUT2D eigenvalue weighted by Crippen LogP contribution is 2.39. The zero-order valence-electron chi connectivity index (χ0n) is 14.5. The van der Waals surface area contributed by atoms with Crippen molar-refractivity contribution in [1.29, 1.82) is 0 Å². The van der Waals surface area contributed by atoms with Crippen LogP contribution in [-0.4, -0.2) is 30.3 Å². The van der Waals surface area contributed by atoms with Crippen molar-refractivity contribution >= 4 is 32.6 Å². The van der Waals surface area contributed by atoms with Gasteiger partial charge in [0.15, 0.2) is 16.6 Å². The van der Waals surface area contributed by atoms with Crippen molar-refractivity contribution in [3.8, 4) is 11.5 Å². The largest absolute Gasteiger partial charge is 0.486 e. The number of halogens is 3. The second kappa shape index (κ2) is 7.31. The molecule has 28 heavy (non-hydrogen) atoms. The van der Waals surface area contributed by atoms with E-state index in [9.17, 15) is 18.0 Å². The average molecular weight is 408 g/mol. The zero-order valence-corrected chi connectivity index (χ0v) is 15.3. The molecule has 1 amide bonds. The summed E-state index contributed by atoms with van der Waals surface area (Å²) in [7, 11) is 0. The Hall–Kier alpha value is -2.81. The number of thiazole rings is 1. The standard InChI is InChI=1S/C19H15F3N2O3S/c20-19(21,22)12(11-4-2-1-3-5-11)8-17(25)24-18-23-13-9-14-15(10-16(13)28-18)27-7-6-26-14/h1-5,9-10,12H,6-8H2,(H,23,24,25). The van der Waals surface area contributed by atoms with Crippen LogP contribution in [0.15, 0.2) is 42.5 Å². The Balaban J connectivity index is 1.52. The number of fused-ring (bicyclic) bond motifs is 2. The first-order valence-corrected chi connectivity index (χ1v) is 9.33. The third-order valence-electron chi connectivity index (χ3n) is 4.29. The third kappa shape index (κ3) is 3.89. The molecule has 0 saturated heterocycles. The van der Waals surface area contributed by atoms with Crippen LogP contribution in [0.2, 0.25) is 0 Å². The van der Waals surface area contributed by atoms with E-state index in [4.69, 9.17) is 9.47 Å². The number of benzene rings is 2. The normalized spacial score (nSPS) is 14.7. The average Bonchev–Trinajstić information content (AvgIpc) is 3.04. The Morgan fingerprint density at radius 1 is 1.14 bits per heavy atom. The molecule has 1 aliphatic rings. The first kappa shape index (κ1) is 18.5. The van der Waals surface area contributed by atoms with Gasteiger partial charge in [-0.3, -0.25) is 4.79 Å². The molecule has 0 spiro atoms. The van der Waals surface area contributed by atoms with Gasteiger partial charge in [0.2, 0.25) is 5.91 Å². The monoisotopic (exact) mass is 408 g/mol. The van der Waals surface area contributed by atoms with Crippen molar-refractivity contribution in [3.05, 3.63) is 48.0 Å². The quantitative estimate of drug-likeness (QED) is 0.677. The van der Waals surface area contributed by atoms with Crippen LogP contribution in [0.1, 0.15) is 17.9 Å². The van der Waals surface area contributed by atoms with Crippen LogP contribution in [0.25, 0.3) is 10.2 Å². The molecular formula is C19H15F3N2O3S. The van der Waals surface area contributed by atoms with Gasteiger partial charge in [-0.05, 0) is 5.56 Å². The van der Waals surface area contributed by atoms with Gasteiger partial charge in [-0.2, -0.15) is 13.2 Å². The highest BCUT2D eigenvalue weighted by molar-refractivity contribution is 7.22. The van der Waals surface area contributed by atoms with Gasteiger partial charge in [0.25, 0.3) is 0 Å². The topological polar surface area (TPSA) is 60.5 Å². The van der Waals surface area contributed by atoms with Crippen LogP contribution >= 0.6 is 11.3 Å². The first-order chi connectivity index (χ1) is 13.4. The maximum atomic E-state index is 13.4. The van der Waals surface area contributed by atoms with Crippen molar-refractivity contribution in [2.75, 3.05) is 18.5 Å². The summed E-state index contributed by atoms with van der Waals surface area (Å²) in [5, 5.41) is 2.71. The molecule has 5 nitrogen and oxygen atoms in total. The molecule has 1 aromatic heterocycles. The summed E-state index contributed by atoms with van der Waals surface area (Å²) in [6.45, 7) is 0.879. The van der Waals surface area contributed by atoms with E-state index in [2.05, 4.69) is 10.3 Å². The van der Waals surface area contributed by atoms with Crippen LogP contribution in [-0.2, 0) is 4.79 Å². The molecular weight excluding hydrogens is 393 g/mol. The van der Waals surface area contributed by atoms with Crippen LogP contribution in [0.3, 0.4) is 0 Å². The Labute approximate surface area is 162 Å². The molecule has 9 heteroatoms. The van der Waals surface area contributed by atoms with E-state index in [-0.39, 0.29) is 10.7 Å². The molecule has 4 rings (SSSR count). The minimum Gasteiger partial charge on any atom is -0.486 e. The third-order valence-corrected chi connectivity index (χ3v) is 5.22. The lowest BCUT2D eigenvalue weighted by atomic mass is 9.95. The fourth-order valence-corrected chi connectivity index (χ4v) is 3.87. The molecule has 146 valence electrons. The SMILES string of the molecule is O=C(CC(c1ccccc1)C(F)(F)F)Nc1nc2cc3c(cc2s1)OCCO3. The Morgan fingerprint density at radius 3 is 2.50 bits per heavy atom. The van der Waals surface area contributed by atoms with Crippen molar-refractivity contribution in [2.45, 2.75) is 18.5 Å². The smallest absolute Gasteiger partial charge is 0.396 e. The second-order valence-electron chi connectivity index (χ2n) is 6.24. The van der Waals surface area contributed by atoms with Crippen LogP contribution < -0.4 is 14.8 Å². The predicted octanol–water partition coefficient (Wildman–Crippen LogP) is 4.74. The van der Waals surface area contributed by atoms with E-state index in [0.29, 0.717) is 30.2 Å². The number of rotatable bonds is 4. The molecule has 1 aliphatic heterocycles. The fourth-order valence-electron chi connectivity index (χ4n) is 2.98. The van der Waals surface area contributed by atoms with Crippen molar-refractivity contribution in [1.82, 2.24) is 4.98 Å². The van der Waals surface area contributed by atoms with Crippen LogP contribution in [0.5, 0.6) is 11.5 Å². The number of hydrogen-bond donors (Lipinski definition) is 1. The molecule has 3 aromatic rings. The lowest BCUT2D eigenvalue weighted by Crippen LogP contribution is -2.26. The van der Waals surface area contributed by atoms with Crippen LogP contribution in [0, 0.1) is 0 Å². The zero-order chi connectivity index (χ0) is 19.7. The molecule has 0 fully saturated rings. The van der Waals surface area contributed by atoms with Gasteiger partial charge in [-0.15, -0.1) is 0 Å². The molecule has 0 saturated carbocycles. The highest BCUT2D eigenvalue weighted by atomic mass is 32.1. The summed E-state index contributed by atoms with van der Waals surface area (Å²) in [4.78, 5) is 16.6. The molecule has 1 atom stereocenters. The van der Waals surface area contributed by atoms with Gasteiger partial charge < -0.3 is 14.8 Å². The van der Waals surface area contributed by atoms with Crippen molar-refractivity contribution in [3.63, 3.8) is 0 Å². The highest BCUT2D eigenvalue weighted by Gasteiger charge is 2.41. The number of aromatic nitrogens is 1. The summed E-state index contributed by atoms with van der Waals surface area (Å²) in [6, 6.07) is 10.8. The number of alkyl halides is 3. The number of ether oxygens (including phenoxy) is 2. The fraction of sp³-hybridized carbons (Fsp3) is 0.263. The molecule has 0 bridgehead atoms. The molecule has 1 N–H and O–H groups in total. The first-order valence-electron chi connectivity index (χ1n) is 8.52. The number of carbonyl (C=O) groups excluding carboxylic acids is 1. The summed E-state index contributed by atoms with van der Waals surface area (Å²) >= 11 is 1.17. The lowest BCUT2D eigenvalue weighted by Gasteiger charge is -2.20. The van der Waals surface area contributed by atoms with Crippen molar-refractivity contribution < 1.29 is 27.4 Å². The maximum Gasteiger partial charge on any atom is 0.396 e. The summed E-state index contributed by atoms with van der Waals surface area (Å²) < 4.78 is 52.0. The van der Waals surface area contributed by atoms with Gasteiger partial charge in [0.1, 0.15) is 13.2 Å². The molecule has 0 radical (unpaired) electrons. The Bertz CT molecular complexity index is 962. The summed E-state index contributed by atoms with van der Waals surface area (Å²) in [5.74, 6) is -1.48. The molecule has 2 heterocycles. The number of nitrogens with zero attached hydrogens (tertiary/aromatic N) is 1. The maximum absolute atomic E-state index is 13.4. The van der Waals surface area contributed by atoms with E-state index < -0.39 is 24.4 Å². The van der Waals surface area contributed by atoms with Gasteiger partial charge in [-0.1, -0.05) is 41.7 Å². The van der Waals surface area contributed by atoms with Gasteiger partial charge in [-0.25, -0.2) is 4.98 Å². The van der Waals surface area contributed by atoms with Crippen molar-refractivity contribution in [2.24, 2.45) is 0 Å². The predicted molar refractivity (Wildman–Crippen MR) is 99.1 cm³/mol. The second-order valence-corrected chi connectivity index (χ2v) is 7.27. The number of amides is 1. The Morgan fingerprint density at radius 2 is 1.82 bits per heavy atom. The van der Waals surface area contributed by atoms with Gasteiger partial charge in [0, 0.05) is 18.6 Å². The molecule has 2 aromatic carbocycles. The van der Waals surface area contributed by atoms with Crippen LogP contribution in [0.4, 0.5) is 18.3 Å². The van der Waals surface area contributed by atoms with Gasteiger partial charge in [0.05, 0.1) is 16.1 Å². The molecule has 0 aliphatic carbocycles. The van der Waals surface area contributed by atoms with E-state index >= 15 is 0 Å². The number of carbonyl (C=O) groups is 1. The van der Waals surface area contributed by atoms with E-state index in [1.807, 2.05) is 0 Å². The van der Waals surface area contributed by atoms with E-state index in [1.165, 1.54) is 35.6 Å². The minimum absolute atomic E-state index is 0.0522. The summed E-state index contributed by atoms with van der Waals surface area (Å²) in [6.07, 6.45) is -5.24. The molecule has 1 unspecified atom stereocenters. The van der Waals surface area contributed by atoms with Gasteiger partial charge >= 0.3 is 6.18 Å². The summed E-state index contributed by atoms with van der Waals surface area (Å²) in [5.41, 5.74) is 0.636. The Kier molecular flexibility index (Phi) is 4.84. The van der Waals surface area contributed by atoms with E-state index in [0.717, 1.165) is 4.70 Å². The minimum atomic E-state index is -4.53. The lowest BCUT2D eigenvalue weighted by molar-refractivity contribution is -0.155. The number of anilines is 1.